The quantitative estimate of drug-likeness (QED) is 0.606. The molecule has 3 atom stereocenters. The Labute approximate surface area is 115 Å². The maximum absolute atomic E-state index is 12.0. The number of hydroxylamine groups is 2. The monoisotopic (exact) mass is 266 g/mol. The van der Waals surface area contributed by atoms with Gasteiger partial charge in [-0.25, -0.2) is 9.86 Å². The number of carbonyl (C=O) groups excluding carboxylic acids is 1. The minimum atomic E-state index is -0.291. The molecule has 0 spiro atoms. The molecule has 2 N–H and O–H groups in total. The van der Waals surface area contributed by atoms with E-state index in [0.29, 0.717) is 5.92 Å². The van der Waals surface area contributed by atoms with Crippen molar-refractivity contribution in [3.63, 3.8) is 0 Å². The SMILES string of the molecule is CC(C1CC1C1CC1)N(O)C(=O)NC1CCCCC1. The van der Waals surface area contributed by atoms with E-state index in [9.17, 15) is 10.0 Å². The molecule has 3 aliphatic rings. The molecule has 0 aromatic rings. The van der Waals surface area contributed by atoms with Gasteiger partial charge in [0.2, 0.25) is 0 Å². The fourth-order valence-corrected chi connectivity index (χ4v) is 3.71. The Morgan fingerprint density at radius 2 is 1.89 bits per heavy atom. The van der Waals surface area contributed by atoms with E-state index < -0.39 is 0 Å². The zero-order chi connectivity index (χ0) is 13.4. The van der Waals surface area contributed by atoms with E-state index in [1.807, 2.05) is 6.92 Å². The second-order valence-corrected chi connectivity index (χ2v) is 6.77. The standard InChI is InChI=1S/C15H26N2O2/c1-10(13-9-14(13)11-7-8-11)17(19)15(18)16-12-5-3-2-4-6-12/h10-14,19H,2-9H2,1H3,(H,16,18). The number of hydrogen-bond acceptors (Lipinski definition) is 2. The zero-order valence-electron chi connectivity index (χ0n) is 11.8. The Morgan fingerprint density at radius 1 is 1.21 bits per heavy atom. The zero-order valence-corrected chi connectivity index (χ0v) is 11.8. The fourth-order valence-electron chi connectivity index (χ4n) is 3.71. The number of urea groups is 1. The molecule has 3 fully saturated rings. The maximum atomic E-state index is 12.0. The van der Waals surface area contributed by atoms with Crippen molar-refractivity contribution in [3.05, 3.63) is 0 Å². The molecule has 3 saturated carbocycles. The van der Waals surface area contributed by atoms with Crippen molar-refractivity contribution in [1.29, 1.82) is 0 Å². The van der Waals surface area contributed by atoms with Gasteiger partial charge >= 0.3 is 6.03 Å². The molecule has 3 rings (SSSR count). The molecule has 2 amide bonds. The van der Waals surface area contributed by atoms with Gasteiger partial charge in [0.15, 0.2) is 0 Å². The summed E-state index contributed by atoms with van der Waals surface area (Å²) in [5.74, 6) is 2.18. The van der Waals surface area contributed by atoms with Gasteiger partial charge in [0, 0.05) is 6.04 Å². The molecule has 0 saturated heterocycles. The van der Waals surface area contributed by atoms with Crippen LogP contribution in [0.2, 0.25) is 0 Å². The molecule has 4 nitrogen and oxygen atoms in total. The van der Waals surface area contributed by atoms with E-state index in [-0.39, 0.29) is 18.1 Å². The fraction of sp³-hybridized carbons (Fsp3) is 0.933. The molecule has 19 heavy (non-hydrogen) atoms. The van der Waals surface area contributed by atoms with E-state index in [2.05, 4.69) is 5.32 Å². The van der Waals surface area contributed by atoms with E-state index in [1.54, 1.807) is 0 Å². The Hall–Kier alpha value is -0.770. The Kier molecular flexibility index (Phi) is 3.70. The lowest BCUT2D eigenvalue weighted by atomic mass is 9.96. The highest BCUT2D eigenvalue weighted by molar-refractivity contribution is 5.73. The molecule has 0 aliphatic heterocycles. The highest BCUT2D eigenvalue weighted by Crippen LogP contribution is 2.56. The topological polar surface area (TPSA) is 52.6 Å². The van der Waals surface area contributed by atoms with Crippen LogP contribution in [0.5, 0.6) is 0 Å². The molecular formula is C15H26N2O2. The van der Waals surface area contributed by atoms with Crippen LogP contribution in [-0.4, -0.2) is 28.4 Å². The first-order valence-electron chi connectivity index (χ1n) is 7.95. The average Bonchev–Trinajstić information content (AvgIpc) is 3.29. The molecule has 3 unspecified atom stereocenters. The van der Waals surface area contributed by atoms with Crippen molar-refractivity contribution in [2.75, 3.05) is 0 Å². The van der Waals surface area contributed by atoms with E-state index >= 15 is 0 Å². The first-order valence-corrected chi connectivity index (χ1v) is 7.95. The van der Waals surface area contributed by atoms with Crippen molar-refractivity contribution in [3.8, 4) is 0 Å². The van der Waals surface area contributed by atoms with Crippen molar-refractivity contribution in [1.82, 2.24) is 10.4 Å². The second-order valence-electron chi connectivity index (χ2n) is 6.77. The summed E-state index contributed by atoms with van der Waals surface area (Å²) in [6, 6.07) is -0.0587. The van der Waals surface area contributed by atoms with Crippen LogP contribution in [0.25, 0.3) is 0 Å². The van der Waals surface area contributed by atoms with Gasteiger partial charge in [-0.05, 0) is 56.8 Å². The van der Waals surface area contributed by atoms with Crippen LogP contribution in [0, 0.1) is 17.8 Å². The summed E-state index contributed by atoms with van der Waals surface area (Å²) < 4.78 is 0. The van der Waals surface area contributed by atoms with Gasteiger partial charge in [0.05, 0.1) is 6.04 Å². The number of rotatable bonds is 4. The van der Waals surface area contributed by atoms with Gasteiger partial charge < -0.3 is 5.32 Å². The van der Waals surface area contributed by atoms with E-state index in [1.165, 1.54) is 38.5 Å². The molecule has 0 radical (unpaired) electrons. The van der Waals surface area contributed by atoms with Crippen molar-refractivity contribution in [2.24, 2.45) is 17.8 Å². The minimum absolute atomic E-state index is 0.0332. The summed E-state index contributed by atoms with van der Waals surface area (Å²) >= 11 is 0. The van der Waals surface area contributed by atoms with Crippen molar-refractivity contribution in [2.45, 2.75) is 70.4 Å². The molecule has 0 aromatic heterocycles. The maximum Gasteiger partial charge on any atom is 0.341 e. The largest absolute Gasteiger partial charge is 0.341 e. The van der Waals surface area contributed by atoms with Crippen LogP contribution in [0.4, 0.5) is 4.79 Å². The smallest absolute Gasteiger partial charge is 0.333 e. The Bertz CT molecular complexity index is 337. The lowest BCUT2D eigenvalue weighted by molar-refractivity contribution is -0.0814. The van der Waals surface area contributed by atoms with Gasteiger partial charge in [-0.1, -0.05) is 19.3 Å². The van der Waals surface area contributed by atoms with Gasteiger partial charge in [0.25, 0.3) is 0 Å². The number of amides is 2. The number of nitrogens with one attached hydrogen (secondary N) is 1. The second kappa shape index (κ2) is 5.31. The Morgan fingerprint density at radius 3 is 2.53 bits per heavy atom. The molecular weight excluding hydrogens is 240 g/mol. The predicted octanol–water partition coefficient (Wildman–Crippen LogP) is 3.15. The summed E-state index contributed by atoms with van der Waals surface area (Å²) in [4.78, 5) is 12.0. The minimum Gasteiger partial charge on any atom is -0.333 e. The highest BCUT2D eigenvalue weighted by Gasteiger charge is 2.51. The third-order valence-electron chi connectivity index (χ3n) is 5.26. The van der Waals surface area contributed by atoms with Crippen LogP contribution < -0.4 is 5.32 Å². The summed E-state index contributed by atoms with van der Waals surface area (Å²) in [6.07, 6.45) is 9.68. The number of nitrogens with zero attached hydrogens (tertiary/aromatic N) is 1. The van der Waals surface area contributed by atoms with Gasteiger partial charge in [-0.3, -0.25) is 5.21 Å². The number of hydrogen-bond donors (Lipinski definition) is 2. The van der Waals surface area contributed by atoms with Crippen molar-refractivity contribution >= 4 is 6.03 Å². The van der Waals surface area contributed by atoms with Crippen LogP contribution >= 0.6 is 0 Å². The van der Waals surface area contributed by atoms with Crippen LogP contribution in [0.15, 0.2) is 0 Å². The normalized spacial score (nSPS) is 32.7. The van der Waals surface area contributed by atoms with Gasteiger partial charge in [0.1, 0.15) is 0 Å². The first-order chi connectivity index (χ1) is 9.16. The average molecular weight is 266 g/mol. The van der Waals surface area contributed by atoms with Crippen LogP contribution in [-0.2, 0) is 0 Å². The molecule has 108 valence electrons. The molecule has 0 bridgehead atoms. The third kappa shape index (κ3) is 3.04. The van der Waals surface area contributed by atoms with Crippen LogP contribution in [0.3, 0.4) is 0 Å². The summed E-state index contributed by atoms with van der Waals surface area (Å²) in [5.41, 5.74) is 0. The van der Waals surface area contributed by atoms with E-state index in [4.69, 9.17) is 0 Å². The van der Waals surface area contributed by atoms with Gasteiger partial charge in [-0.15, -0.1) is 0 Å². The highest BCUT2D eigenvalue weighted by atomic mass is 16.5. The summed E-state index contributed by atoms with van der Waals surface area (Å²) in [7, 11) is 0. The van der Waals surface area contributed by atoms with Crippen molar-refractivity contribution < 1.29 is 10.0 Å². The summed E-state index contributed by atoms with van der Waals surface area (Å²) in [6.45, 7) is 1.98. The number of carbonyl (C=O) groups is 1. The van der Waals surface area contributed by atoms with Gasteiger partial charge in [-0.2, -0.15) is 0 Å². The lowest BCUT2D eigenvalue weighted by Gasteiger charge is -2.28. The molecule has 4 heteroatoms. The van der Waals surface area contributed by atoms with Crippen LogP contribution in [0.1, 0.15) is 58.3 Å². The molecule has 0 aromatic carbocycles. The Balaban J connectivity index is 1.45. The molecule has 3 aliphatic carbocycles. The predicted molar refractivity (Wildman–Crippen MR) is 72.8 cm³/mol. The lowest BCUT2D eigenvalue weighted by Crippen LogP contribution is -2.48. The van der Waals surface area contributed by atoms with E-state index in [0.717, 1.165) is 29.7 Å². The molecule has 0 heterocycles. The third-order valence-corrected chi connectivity index (χ3v) is 5.26. The first kappa shape index (κ1) is 13.2. The summed E-state index contributed by atoms with van der Waals surface area (Å²) in [5, 5.41) is 14.0.